The van der Waals surface area contributed by atoms with E-state index in [1.165, 1.54) is 0 Å². The normalized spacial score (nSPS) is 13.6. The van der Waals surface area contributed by atoms with E-state index in [0.717, 1.165) is 5.56 Å². The number of benzene rings is 3. The average Bonchev–Trinajstić information content (AvgIpc) is 2.82. The van der Waals surface area contributed by atoms with E-state index < -0.39 is 0 Å². The van der Waals surface area contributed by atoms with Gasteiger partial charge in [0.25, 0.3) is 0 Å². The van der Waals surface area contributed by atoms with Gasteiger partial charge in [0.15, 0.2) is 5.78 Å². The van der Waals surface area contributed by atoms with Crippen LogP contribution in [0, 0.1) is 0 Å². The summed E-state index contributed by atoms with van der Waals surface area (Å²) in [5.41, 5.74) is 2.57. The molecule has 0 saturated heterocycles. The summed E-state index contributed by atoms with van der Waals surface area (Å²) in [7, 11) is 4.72. The summed E-state index contributed by atoms with van der Waals surface area (Å²) in [5.74, 6) is 2.66. The monoisotopic (exact) mass is 414 g/mol. The molecule has 0 unspecified atom stereocenters. The van der Waals surface area contributed by atoms with Gasteiger partial charge in [-0.15, -0.1) is 0 Å². The lowest BCUT2D eigenvalue weighted by atomic mass is 9.92. The van der Waals surface area contributed by atoms with Gasteiger partial charge in [0, 0.05) is 23.3 Å². The maximum absolute atomic E-state index is 13.5. The maximum Gasteiger partial charge on any atom is 0.194 e. The molecule has 31 heavy (non-hydrogen) atoms. The van der Waals surface area contributed by atoms with Crippen LogP contribution in [0.4, 0.5) is 0 Å². The summed E-state index contributed by atoms with van der Waals surface area (Å²) >= 11 is 0. The van der Waals surface area contributed by atoms with Gasteiger partial charge in [-0.3, -0.25) is 4.79 Å². The molecule has 0 aromatic heterocycles. The molecule has 0 N–H and O–H groups in total. The quantitative estimate of drug-likeness (QED) is 0.505. The van der Waals surface area contributed by atoms with Crippen molar-refractivity contribution in [3.8, 4) is 23.0 Å². The highest BCUT2D eigenvalue weighted by molar-refractivity contribution is 6.30. The van der Waals surface area contributed by atoms with Crippen LogP contribution in [-0.4, -0.2) is 27.1 Å². The molecule has 0 spiro atoms. The Morgan fingerprint density at radius 3 is 2.19 bits per heavy atom. The van der Waals surface area contributed by atoms with Gasteiger partial charge in [0.1, 0.15) is 28.8 Å². The summed E-state index contributed by atoms with van der Waals surface area (Å²) in [6.07, 6.45) is 3.63. The predicted octanol–water partition coefficient (Wildman–Crippen LogP) is 5.41. The Kier molecular flexibility index (Phi) is 5.76. The van der Waals surface area contributed by atoms with Crippen LogP contribution < -0.4 is 18.9 Å². The van der Waals surface area contributed by atoms with Crippen LogP contribution in [0.1, 0.15) is 21.5 Å². The Balaban J connectivity index is 1.86. The summed E-state index contributed by atoms with van der Waals surface area (Å²) < 4.78 is 22.3. The largest absolute Gasteiger partial charge is 0.497 e. The van der Waals surface area contributed by atoms with Gasteiger partial charge in [0.2, 0.25) is 0 Å². The number of carbonyl (C=O) groups excluding carboxylic acids is 1. The molecule has 1 heterocycles. The summed E-state index contributed by atoms with van der Waals surface area (Å²) in [6, 6.07) is 20.3. The molecule has 0 atom stereocenters. The minimum atomic E-state index is -0.144. The van der Waals surface area contributed by atoms with E-state index in [9.17, 15) is 4.79 Å². The first kappa shape index (κ1) is 20.3. The number of ether oxygens (including phenoxy) is 4. The molecule has 5 nitrogen and oxygen atoms in total. The van der Waals surface area contributed by atoms with E-state index >= 15 is 0 Å². The molecule has 0 amide bonds. The summed E-state index contributed by atoms with van der Waals surface area (Å²) in [6.45, 7) is 0. The Bertz CT molecular complexity index is 1160. The van der Waals surface area contributed by atoms with Crippen molar-refractivity contribution in [3.63, 3.8) is 0 Å². The van der Waals surface area contributed by atoms with Crippen LogP contribution in [0.2, 0.25) is 0 Å². The molecule has 4 rings (SSSR count). The lowest BCUT2D eigenvalue weighted by molar-refractivity contribution is 0.105. The van der Waals surface area contributed by atoms with E-state index in [4.69, 9.17) is 18.9 Å². The van der Waals surface area contributed by atoms with Crippen molar-refractivity contribution < 1.29 is 23.7 Å². The zero-order chi connectivity index (χ0) is 21.8. The fraction of sp³-hybridized carbons (Fsp3) is 0.115. The van der Waals surface area contributed by atoms with Crippen LogP contribution in [0.5, 0.6) is 23.0 Å². The lowest BCUT2D eigenvalue weighted by Crippen LogP contribution is -2.12. The molecule has 0 aliphatic carbocycles. The first-order valence-electron chi connectivity index (χ1n) is 9.74. The molecular formula is C26H22O5. The number of Topliss-reactive ketones (excluding diaryl/α,β-unsaturated/α-hetero) is 1. The van der Waals surface area contributed by atoms with Crippen molar-refractivity contribution in [1.82, 2.24) is 0 Å². The number of methoxy groups -OCH3 is 3. The van der Waals surface area contributed by atoms with Crippen LogP contribution >= 0.6 is 0 Å². The van der Waals surface area contributed by atoms with Gasteiger partial charge in [-0.1, -0.05) is 30.3 Å². The Labute approximate surface area is 181 Å². The predicted molar refractivity (Wildman–Crippen MR) is 120 cm³/mol. The number of hydrogen-bond donors (Lipinski definition) is 0. The molecule has 5 heteroatoms. The number of rotatable bonds is 6. The SMILES string of the molecule is COc1ccc(C(=O)C2=C/C(=C/c3ccccc3)Oc3cc(OC)cc(OC)c32)cc1. The smallest absolute Gasteiger partial charge is 0.194 e. The summed E-state index contributed by atoms with van der Waals surface area (Å²) in [5, 5.41) is 0. The number of hydrogen-bond acceptors (Lipinski definition) is 5. The zero-order valence-corrected chi connectivity index (χ0v) is 17.5. The van der Waals surface area contributed by atoms with Crippen LogP contribution in [-0.2, 0) is 0 Å². The fourth-order valence-corrected chi connectivity index (χ4v) is 3.42. The van der Waals surface area contributed by atoms with Crippen molar-refractivity contribution in [1.29, 1.82) is 0 Å². The minimum absolute atomic E-state index is 0.144. The van der Waals surface area contributed by atoms with Crippen molar-refractivity contribution >= 4 is 17.4 Å². The standard InChI is InChI=1S/C26H22O5/c1-28-19-11-9-18(10-12-19)26(27)22-14-21(13-17-7-5-4-6-8-17)31-24-16-20(29-2)15-23(30-3)25(22)24/h4-16H,1-3H3/b21-13-. The van der Waals surface area contributed by atoms with Gasteiger partial charge in [-0.2, -0.15) is 0 Å². The van der Waals surface area contributed by atoms with Gasteiger partial charge >= 0.3 is 0 Å². The van der Waals surface area contributed by atoms with Gasteiger partial charge in [-0.05, 0) is 42.0 Å². The second kappa shape index (κ2) is 8.79. The molecule has 0 bridgehead atoms. The zero-order valence-electron chi connectivity index (χ0n) is 17.5. The van der Waals surface area contributed by atoms with Gasteiger partial charge in [0.05, 0.1) is 26.9 Å². The Morgan fingerprint density at radius 1 is 0.839 bits per heavy atom. The van der Waals surface area contributed by atoms with Crippen molar-refractivity contribution in [3.05, 3.63) is 95.3 Å². The molecule has 3 aromatic rings. The van der Waals surface area contributed by atoms with Crippen molar-refractivity contribution in [2.45, 2.75) is 0 Å². The molecule has 0 fully saturated rings. The van der Waals surface area contributed by atoms with Crippen LogP contribution in [0.15, 0.2) is 78.6 Å². The van der Waals surface area contributed by atoms with Crippen LogP contribution in [0.3, 0.4) is 0 Å². The topological polar surface area (TPSA) is 54.0 Å². The first-order valence-corrected chi connectivity index (χ1v) is 9.74. The van der Waals surface area contributed by atoms with Crippen molar-refractivity contribution in [2.24, 2.45) is 0 Å². The minimum Gasteiger partial charge on any atom is -0.497 e. The van der Waals surface area contributed by atoms with E-state index in [-0.39, 0.29) is 5.78 Å². The maximum atomic E-state index is 13.5. The molecule has 1 aliphatic rings. The third kappa shape index (κ3) is 4.16. The second-order valence-electron chi connectivity index (χ2n) is 6.88. The number of ketones is 1. The average molecular weight is 414 g/mol. The third-order valence-corrected chi connectivity index (χ3v) is 4.98. The second-order valence-corrected chi connectivity index (χ2v) is 6.88. The Hall–Kier alpha value is -3.99. The molecule has 0 saturated carbocycles. The van der Waals surface area contributed by atoms with Crippen molar-refractivity contribution in [2.75, 3.05) is 21.3 Å². The van der Waals surface area contributed by atoms with E-state index in [0.29, 0.717) is 45.5 Å². The fourth-order valence-electron chi connectivity index (χ4n) is 3.42. The van der Waals surface area contributed by atoms with Gasteiger partial charge in [-0.25, -0.2) is 0 Å². The number of fused-ring (bicyclic) bond motifs is 1. The molecular weight excluding hydrogens is 392 g/mol. The summed E-state index contributed by atoms with van der Waals surface area (Å²) in [4.78, 5) is 13.5. The highest BCUT2D eigenvalue weighted by Gasteiger charge is 2.28. The molecule has 1 aliphatic heterocycles. The van der Waals surface area contributed by atoms with E-state index in [1.54, 1.807) is 63.8 Å². The highest BCUT2D eigenvalue weighted by Crippen LogP contribution is 2.44. The van der Waals surface area contributed by atoms with Crippen LogP contribution in [0.25, 0.3) is 11.6 Å². The number of carbonyl (C=O) groups is 1. The van der Waals surface area contributed by atoms with E-state index in [2.05, 4.69) is 0 Å². The Morgan fingerprint density at radius 2 is 1.55 bits per heavy atom. The number of allylic oxidation sites excluding steroid dienone is 2. The highest BCUT2D eigenvalue weighted by atomic mass is 16.5. The third-order valence-electron chi connectivity index (χ3n) is 4.98. The first-order chi connectivity index (χ1) is 15.1. The molecule has 3 aromatic carbocycles. The molecule has 0 radical (unpaired) electrons. The molecule has 156 valence electrons. The lowest BCUT2D eigenvalue weighted by Gasteiger charge is -2.23. The van der Waals surface area contributed by atoms with Gasteiger partial charge < -0.3 is 18.9 Å². The van der Waals surface area contributed by atoms with E-state index in [1.807, 2.05) is 36.4 Å².